The number of hydrogen-bond donors (Lipinski definition) is 4. The SMILES string of the molecule is Cc1coc2c(C)c3oc(=O)c(CC(=O)N[C@H](CCCNC(N)=O)C(=O)O)c(C)c3cc12. The van der Waals surface area contributed by atoms with Crippen molar-refractivity contribution in [2.24, 2.45) is 5.73 Å². The van der Waals surface area contributed by atoms with Gasteiger partial charge in [-0.15, -0.1) is 0 Å². The van der Waals surface area contributed by atoms with Crippen molar-refractivity contribution >= 4 is 39.8 Å². The van der Waals surface area contributed by atoms with Crippen molar-refractivity contribution in [3.63, 3.8) is 0 Å². The zero-order valence-corrected chi connectivity index (χ0v) is 18.0. The van der Waals surface area contributed by atoms with Crippen molar-refractivity contribution in [2.45, 2.75) is 46.1 Å². The minimum Gasteiger partial charge on any atom is -0.480 e. The average Bonchev–Trinajstić information content (AvgIpc) is 3.09. The fourth-order valence-electron chi connectivity index (χ4n) is 3.70. The van der Waals surface area contributed by atoms with E-state index in [0.29, 0.717) is 34.1 Å². The zero-order chi connectivity index (χ0) is 23.6. The second kappa shape index (κ2) is 9.13. The maximum absolute atomic E-state index is 12.6. The Kier molecular flexibility index (Phi) is 6.52. The van der Waals surface area contributed by atoms with E-state index >= 15 is 0 Å². The van der Waals surface area contributed by atoms with Gasteiger partial charge in [0.25, 0.3) is 0 Å². The van der Waals surface area contributed by atoms with E-state index in [1.807, 2.05) is 13.0 Å². The minimum absolute atomic E-state index is 0.0869. The molecule has 3 amide bonds. The van der Waals surface area contributed by atoms with Crippen LogP contribution in [0.1, 0.15) is 35.1 Å². The summed E-state index contributed by atoms with van der Waals surface area (Å²) in [4.78, 5) is 47.3. The number of fused-ring (bicyclic) bond motifs is 2. The number of nitrogens with one attached hydrogen (secondary N) is 2. The Balaban J connectivity index is 1.84. The Morgan fingerprint density at radius 1 is 1.12 bits per heavy atom. The van der Waals surface area contributed by atoms with Gasteiger partial charge in [0.15, 0.2) is 0 Å². The van der Waals surface area contributed by atoms with Gasteiger partial charge in [-0.1, -0.05) is 0 Å². The molecule has 32 heavy (non-hydrogen) atoms. The van der Waals surface area contributed by atoms with Gasteiger partial charge in [-0.25, -0.2) is 14.4 Å². The number of primary amides is 1. The number of furan rings is 1. The van der Waals surface area contributed by atoms with Crippen LogP contribution in [0.5, 0.6) is 0 Å². The molecule has 1 atom stereocenters. The summed E-state index contributed by atoms with van der Waals surface area (Å²) >= 11 is 0. The molecule has 0 radical (unpaired) electrons. The van der Waals surface area contributed by atoms with E-state index in [1.165, 1.54) is 0 Å². The maximum atomic E-state index is 12.6. The van der Waals surface area contributed by atoms with Crippen LogP contribution in [-0.2, 0) is 16.0 Å². The van der Waals surface area contributed by atoms with E-state index in [2.05, 4.69) is 10.6 Å². The van der Waals surface area contributed by atoms with Gasteiger partial charge >= 0.3 is 17.6 Å². The van der Waals surface area contributed by atoms with E-state index in [4.69, 9.17) is 14.6 Å². The van der Waals surface area contributed by atoms with E-state index in [-0.39, 0.29) is 24.9 Å². The van der Waals surface area contributed by atoms with Crippen molar-refractivity contribution in [1.29, 1.82) is 0 Å². The lowest BCUT2D eigenvalue weighted by molar-refractivity contribution is -0.141. The fourth-order valence-corrected chi connectivity index (χ4v) is 3.70. The Labute approximate surface area is 182 Å². The first kappa shape index (κ1) is 22.9. The minimum atomic E-state index is -1.21. The van der Waals surface area contributed by atoms with E-state index in [1.54, 1.807) is 20.1 Å². The van der Waals surface area contributed by atoms with Gasteiger partial charge in [0.1, 0.15) is 17.2 Å². The lowest BCUT2D eigenvalue weighted by Crippen LogP contribution is -2.42. The van der Waals surface area contributed by atoms with Crippen LogP contribution >= 0.6 is 0 Å². The highest BCUT2D eigenvalue weighted by Crippen LogP contribution is 2.32. The molecule has 3 aromatic rings. The van der Waals surface area contributed by atoms with E-state index in [0.717, 1.165) is 10.9 Å². The molecule has 2 heterocycles. The number of aliphatic carboxylic acids is 1. The number of rotatable bonds is 8. The Morgan fingerprint density at radius 2 is 1.84 bits per heavy atom. The highest BCUT2D eigenvalue weighted by molar-refractivity contribution is 6.00. The first-order valence-corrected chi connectivity index (χ1v) is 10.1. The maximum Gasteiger partial charge on any atom is 0.340 e. The molecular weight excluding hydrogens is 418 g/mol. The van der Waals surface area contributed by atoms with Crippen molar-refractivity contribution in [3.8, 4) is 0 Å². The molecule has 0 bridgehead atoms. The van der Waals surface area contributed by atoms with Crippen LogP contribution < -0.4 is 22.0 Å². The van der Waals surface area contributed by atoms with Crippen LogP contribution in [0.25, 0.3) is 21.9 Å². The summed E-state index contributed by atoms with van der Waals surface area (Å²) in [5, 5.41) is 15.7. The molecule has 0 aliphatic heterocycles. The molecule has 1 aromatic carbocycles. The number of aryl methyl sites for hydroxylation is 3. The van der Waals surface area contributed by atoms with Crippen molar-refractivity contribution in [3.05, 3.63) is 45.0 Å². The lowest BCUT2D eigenvalue weighted by Gasteiger charge is -2.15. The molecule has 0 spiro atoms. The lowest BCUT2D eigenvalue weighted by atomic mass is 9.99. The third kappa shape index (κ3) is 4.58. The van der Waals surface area contributed by atoms with Gasteiger partial charge in [0, 0.05) is 22.9 Å². The fraction of sp³-hybridized carbons (Fsp3) is 0.364. The highest BCUT2D eigenvalue weighted by Gasteiger charge is 2.23. The summed E-state index contributed by atoms with van der Waals surface area (Å²) in [5.41, 5.74) is 7.72. The second-order valence-corrected chi connectivity index (χ2v) is 7.74. The normalized spacial score (nSPS) is 12.1. The molecule has 0 saturated carbocycles. The predicted octanol–water partition coefficient (Wildman–Crippen LogP) is 2.02. The molecule has 10 nitrogen and oxygen atoms in total. The predicted molar refractivity (Wildman–Crippen MR) is 117 cm³/mol. The second-order valence-electron chi connectivity index (χ2n) is 7.74. The summed E-state index contributed by atoms with van der Waals surface area (Å²) in [6.45, 7) is 5.62. The summed E-state index contributed by atoms with van der Waals surface area (Å²) in [5.74, 6) is -1.83. The van der Waals surface area contributed by atoms with Crippen molar-refractivity contribution in [1.82, 2.24) is 10.6 Å². The van der Waals surface area contributed by atoms with Crippen molar-refractivity contribution in [2.75, 3.05) is 6.54 Å². The molecule has 0 saturated heterocycles. The van der Waals surface area contributed by atoms with E-state index < -0.39 is 29.6 Å². The van der Waals surface area contributed by atoms with Crippen LogP contribution in [0.2, 0.25) is 0 Å². The van der Waals surface area contributed by atoms with Gasteiger partial charge in [-0.2, -0.15) is 0 Å². The number of hydrogen-bond acceptors (Lipinski definition) is 6. The Bertz CT molecular complexity index is 1270. The van der Waals surface area contributed by atoms with Crippen LogP contribution in [0.3, 0.4) is 0 Å². The van der Waals surface area contributed by atoms with Gasteiger partial charge < -0.3 is 30.3 Å². The monoisotopic (exact) mass is 443 g/mol. The molecule has 0 aliphatic rings. The quantitative estimate of drug-likeness (QED) is 0.305. The molecule has 2 aromatic heterocycles. The van der Waals surface area contributed by atoms with Crippen molar-refractivity contribution < 1.29 is 28.3 Å². The number of carboxylic acids is 1. The average molecular weight is 443 g/mol. The van der Waals surface area contributed by atoms with Gasteiger partial charge in [-0.05, 0) is 50.8 Å². The number of nitrogens with two attached hydrogens (primary N) is 1. The molecule has 3 rings (SSSR count). The summed E-state index contributed by atoms with van der Waals surface area (Å²) in [6, 6.07) is -0.0138. The summed E-state index contributed by atoms with van der Waals surface area (Å²) in [7, 11) is 0. The number of carboxylic acid groups (broad SMARTS) is 1. The molecule has 0 aliphatic carbocycles. The Morgan fingerprint density at radius 3 is 2.50 bits per heavy atom. The largest absolute Gasteiger partial charge is 0.480 e. The topological polar surface area (TPSA) is 165 Å². The number of urea groups is 1. The smallest absolute Gasteiger partial charge is 0.340 e. The number of benzene rings is 1. The molecule has 0 fully saturated rings. The first-order valence-electron chi connectivity index (χ1n) is 10.1. The van der Waals surface area contributed by atoms with Gasteiger partial charge in [0.05, 0.1) is 18.2 Å². The van der Waals surface area contributed by atoms with E-state index in [9.17, 15) is 24.3 Å². The molecule has 10 heteroatoms. The van der Waals surface area contributed by atoms with Gasteiger partial charge in [-0.3, -0.25) is 4.79 Å². The standard InChI is InChI=1S/C22H25N3O7/c1-10-9-31-18-12(3)19-14(7-13(10)18)11(2)15(21(29)32-19)8-17(26)25-16(20(27)28)5-4-6-24-22(23)30/h7,9,16H,4-6,8H2,1-3H3,(H,25,26)(H,27,28)(H3,23,24,30)/t16-/m1/s1. The van der Waals surface area contributed by atoms with Crippen LogP contribution in [0.4, 0.5) is 4.79 Å². The number of carbonyl (C=O) groups excluding carboxylic acids is 2. The third-order valence-corrected chi connectivity index (χ3v) is 5.47. The molecule has 0 unspecified atom stereocenters. The van der Waals surface area contributed by atoms with Crippen LogP contribution in [0, 0.1) is 20.8 Å². The molecule has 170 valence electrons. The molecular formula is C22H25N3O7. The number of carbonyl (C=O) groups is 3. The zero-order valence-electron chi connectivity index (χ0n) is 18.0. The number of amides is 3. The third-order valence-electron chi connectivity index (χ3n) is 5.47. The highest BCUT2D eigenvalue weighted by atomic mass is 16.4. The van der Waals surface area contributed by atoms with Crippen LogP contribution in [0.15, 0.2) is 26.0 Å². The van der Waals surface area contributed by atoms with Crippen LogP contribution in [-0.4, -0.2) is 35.6 Å². The summed E-state index contributed by atoms with van der Waals surface area (Å²) in [6.07, 6.45) is 1.69. The molecule has 5 N–H and O–H groups in total. The first-order chi connectivity index (χ1) is 15.1. The Hall–Kier alpha value is -3.82. The van der Waals surface area contributed by atoms with Gasteiger partial charge in [0.2, 0.25) is 5.91 Å². The summed E-state index contributed by atoms with van der Waals surface area (Å²) < 4.78 is 11.1.